The normalized spacial score (nSPS) is 11.1. The van der Waals surface area contributed by atoms with Gasteiger partial charge in [-0.3, -0.25) is 0 Å². The summed E-state index contributed by atoms with van der Waals surface area (Å²) in [5.41, 5.74) is 5.97. The molecule has 32 heavy (non-hydrogen) atoms. The van der Waals surface area contributed by atoms with Crippen molar-refractivity contribution in [3.8, 4) is 0 Å². The van der Waals surface area contributed by atoms with Gasteiger partial charge in [0.05, 0.1) is 15.5 Å². The number of hydrogen-bond acceptors (Lipinski definition) is 12. The van der Waals surface area contributed by atoms with Crippen molar-refractivity contribution in [1.82, 2.24) is 15.0 Å². The van der Waals surface area contributed by atoms with Gasteiger partial charge in [-0.25, -0.2) is 16.8 Å². The molecule has 1 aromatic heterocycles. The molecule has 158 valence electrons. The first-order valence-corrected chi connectivity index (χ1v) is 11.0. The number of nitrogens with two attached hydrogens (primary N) is 1. The van der Waals surface area contributed by atoms with Crippen LogP contribution in [0.1, 0.15) is 0 Å². The van der Waals surface area contributed by atoms with E-state index in [0.717, 1.165) is 18.2 Å². The molecular formula is C15H11ClN6Na2O6S2. The molecule has 3 aromatic rings. The molecule has 0 fully saturated rings. The first-order valence-electron chi connectivity index (χ1n) is 7.79. The van der Waals surface area contributed by atoms with Crippen LogP contribution in [0.3, 0.4) is 0 Å². The van der Waals surface area contributed by atoms with Crippen LogP contribution in [0, 0.1) is 0 Å². The Bertz CT molecular complexity index is 1330. The van der Waals surface area contributed by atoms with Crippen molar-refractivity contribution in [2.24, 2.45) is 0 Å². The van der Waals surface area contributed by atoms with Gasteiger partial charge in [0, 0.05) is 11.4 Å². The van der Waals surface area contributed by atoms with Gasteiger partial charge in [0.2, 0.25) is 17.2 Å². The number of hydrogen-bond donors (Lipinski definition) is 3. The van der Waals surface area contributed by atoms with E-state index in [1.807, 2.05) is 0 Å². The van der Waals surface area contributed by atoms with Crippen molar-refractivity contribution in [3.05, 3.63) is 47.7 Å². The molecule has 0 unspecified atom stereocenters. The van der Waals surface area contributed by atoms with E-state index < -0.39 is 30.0 Å². The standard InChI is InChI=1S/C15H13ClN6O6S2.2Na/c16-13-20-14(18-8-1-4-10(5-2-8)29(23,24)25)22-15(21-13)19-9-3-6-12(11(17)7-9)30(26,27)28;;/h1-7H,17H2,(H,23,24,25)(H,26,27,28)(H2,18,19,20,21,22);;/q;2*+1/p-2. The van der Waals surface area contributed by atoms with Crippen LogP contribution in [-0.4, -0.2) is 40.9 Å². The molecule has 4 N–H and O–H groups in total. The zero-order valence-electron chi connectivity index (χ0n) is 16.6. The fourth-order valence-electron chi connectivity index (χ4n) is 2.28. The molecule has 0 spiro atoms. The van der Waals surface area contributed by atoms with Crippen molar-refractivity contribution in [2.75, 3.05) is 16.4 Å². The van der Waals surface area contributed by atoms with Gasteiger partial charge in [-0.1, -0.05) is 0 Å². The number of aromatic nitrogens is 3. The number of benzene rings is 2. The Morgan fingerprint density at radius 3 is 1.75 bits per heavy atom. The third-order valence-corrected chi connectivity index (χ3v) is 5.47. The summed E-state index contributed by atoms with van der Waals surface area (Å²) in [4.78, 5) is 10.8. The summed E-state index contributed by atoms with van der Waals surface area (Å²) in [5.74, 6) is -0.0460. The molecule has 0 aliphatic heterocycles. The Balaban J connectivity index is 0.00000256. The van der Waals surface area contributed by atoms with Crippen LogP contribution in [-0.2, 0) is 20.2 Å². The van der Waals surface area contributed by atoms with Gasteiger partial charge in [0.15, 0.2) is 0 Å². The molecule has 0 saturated carbocycles. The van der Waals surface area contributed by atoms with Crippen molar-refractivity contribution in [3.63, 3.8) is 0 Å². The van der Waals surface area contributed by atoms with Crippen molar-refractivity contribution in [1.29, 1.82) is 0 Å². The van der Waals surface area contributed by atoms with Crippen LogP contribution in [0.15, 0.2) is 52.3 Å². The smallest absolute Gasteiger partial charge is 0.744 e. The Morgan fingerprint density at radius 2 is 1.28 bits per heavy atom. The van der Waals surface area contributed by atoms with E-state index in [1.165, 1.54) is 24.3 Å². The van der Waals surface area contributed by atoms with Crippen LogP contribution in [0.2, 0.25) is 5.28 Å². The summed E-state index contributed by atoms with van der Waals surface area (Å²) in [6, 6.07) is 8.41. The van der Waals surface area contributed by atoms with Crippen LogP contribution < -0.4 is 75.5 Å². The average Bonchev–Trinajstić information content (AvgIpc) is 2.60. The quantitative estimate of drug-likeness (QED) is 0.161. The largest absolute Gasteiger partial charge is 1.00 e. The SMILES string of the molecule is Nc1cc(Nc2nc(Cl)nc(Nc3ccc(S(=O)(=O)[O-])cc3)n2)ccc1S(=O)(=O)[O-].[Na+].[Na+]. The predicted octanol–water partition coefficient (Wildman–Crippen LogP) is -4.59. The molecule has 0 amide bonds. The molecule has 0 aliphatic rings. The molecular weight excluding hydrogens is 506 g/mol. The van der Waals surface area contributed by atoms with E-state index >= 15 is 0 Å². The second-order valence-corrected chi connectivity index (χ2v) is 8.75. The van der Waals surface area contributed by atoms with Crippen LogP contribution in [0.4, 0.5) is 29.0 Å². The van der Waals surface area contributed by atoms with E-state index in [2.05, 4.69) is 25.6 Å². The Kier molecular flexibility index (Phi) is 10.3. The van der Waals surface area contributed by atoms with Crippen LogP contribution in [0.5, 0.6) is 0 Å². The Labute approximate surface area is 232 Å². The van der Waals surface area contributed by atoms with Gasteiger partial charge in [-0.05, 0) is 54.1 Å². The molecule has 2 aromatic carbocycles. The molecule has 12 nitrogen and oxygen atoms in total. The molecule has 0 atom stereocenters. The summed E-state index contributed by atoms with van der Waals surface area (Å²) in [7, 11) is -9.29. The second kappa shape index (κ2) is 11.4. The maximum absolute atomic E-state index is 11.1. The van der Waals surface area contributed by atoms with E-state index in [-0.39, 0.29) is 87.7 Å². The first-order chi connectivity index (χ1) is 13.9. The second-order valence-electron chi connectivity index (χ2n) is 5.69. The van der Waals surface area contributed by atoms with E-state index in [9.17, 15) is 25.9 Å². The topological polar surface area (TPSA) is 203 Å². The minimum Gasteiger partial charge on any atom is -0.744 e. The average molecular weight is 517 g/mol. The third-order valence-electron chi connectivity index (χ3n) is 3.54. The van der Waals surface area contributed by atoms with Crippen molar-refractivity contribution in [2.45, 2.75) is 9.79 Å². The third kappa shape index (κ3) is 7.78. The first kappa shape index (κ1) is 29.0. The summed E-state index contributed by atoms with van der Waals surface area (Å²) < 4.78 is 66.2. The van der Waals surface area contributed by atoms with Gasteiger partial charge in [0.25, 0.3) is 0 Å². The Hall–Kier alpha value is -1.04. The molecule has 0 bridgehead atoms. The fourth-order valence-corrected chi connectivity index (χ4v) is 3.49. The number of halogens is 1. The van der Waals surface area contributed by atoms with Gasteiger partial charge >= 0.3 is 59.1 Å². The van der Waals surface area contributed by atoms with Crippen LogP contribution in [0.25, 0.3) is 0 Å². The van der Waals surface area contributed by atoms with Crippen LogP contribution >= 0.6 is 11.6 Å². The molecule has 0 radical (unpaired) electrons. The summed E-state index contributed by atoms with van der Waals surface area (Å²) in [5, 5.41) is 5.30. The van der Waals surface area contributed by atoms with Crippen molar-refractivity contribution < 1.29 is 85.1 Å². The molecule has 0 aliphatic carbocycles. The molecule has 0 saturated heterocycles. The Morgan fingerprint density at radius 1 is 0.781 bits per heavy atom. The number of nitrogens with zero attached hydrogens (tertiary/aromatic N) is 3. The van der Waals surface area contributed by atoms with E-state index in [1.54, 1.807) is 0 Å². The number of rotatable bonds is 6. The summed E-state index contributed by atoms with van der Waals surface area (Å²) >= 11 is 5.88. The zero-order chi connectivity index (χ0) is 22.1. The monoisotopic (exact) mass is 516 g/mol. The summed E-state index contributed by atoms with van der Waals surface area (Å²) in [6.45, 7) is 0. The number of anilines is 5. The van der Waals surface area contributed by atoms with Gasteiger partial charge in [-0.2, -0.15) is 15.0 Å². The number of nitrogen functional groups attached to an aromatic ring is 1. The molecule has 3 rings (SSSR count). The minimum absolute atomic E-state index is 0. The van der Waals surface area contributed by atoms with Gasteiger partial charge < -0.3 is 25.5 Å². The fraction of sp³-hybridized carbons (Fsp3) is 0. The van der Waals surface area contributed by atoms with E-state index in [4.69, 9.17) is 17.3 Å². The minimum atomic E-state index is -4.72. The van der Waals surface area contributed by atoms with Gasteiger partial charge in [0.1, 0.15) is 20.2 Å². The predicted molar refractivity (Wildman–Crippen MR) is 105 cm³/mol. The van der Waals surface area contributed by atoms with E-state index in [0.29, 0.717) is 5.69 Å². The maximum atomic E-state index is 11.1. The summed E-state index contributed by atoms with van der Waals surface area (Å²) in [6.07, 6.45) is 0. The number of nitrogens with one attached hydrogen (secondary N) is 2. The van der Waals surface area contributed by atoms with Crippen molar-refractivity contribution >= 4 is 60.8 Å². The maximum Gasteiger partial charge on any atom is 1.00 e. The zero-order valence-corrected chi connectivity index (χ0v) is 23.0. The molecule has 1 heterocycles. The van der Waals surface area contributed by atoms with Gasteiger partial charge in [-0.15, -0.1) is 0 Å². The molecule has 17 heteroatoms.